The molecule has 2 aromatic carbocycles. The van der Waals surface area contributed by atoms with Crippen LogP contribution in [-0.4, -0.2) is 23.9 Å². The van der Waals surface area contributed by atoms with Gasteiger partial charge >= 0.3 is 23.9 Å². The highest BCUT2D eigenvalue weighted by Gasteiger charge is 2.71. The van der Waals surface area contributed by atoms with E-state index in [0.717, 1.165) is 22.3 Å². The first-order valence-corrected chi connectivity index (χ1v) is 9.94. The zero-order chi connectivity index (χ0) is 20.6. The summed E-state index contributed by atoms with van der Waals surface area (Å²) in [6.45, 7) is 0. The van der Waals surface area contributed by atoms with E-state index >= 15 is 0 Å². The van der Waals surface area contributed by atoms with Crippen LogP contribution in [0, 0.1) is 35.5 Å². The first-order chi connectivity index (χ1) is 14.6. The second-order valence-electron chi connectivity index (χ2n) is 8.19. The summed E-state index contributed by atoms with van der Waals surface area (Å²) in [6.07, 6.45) is 0. The Kier molecular flexibility index (Phi) is 3.46. The molecule has 2 bridgehead atoms. The van der Waals surface area contributed by atoms with Crippen molar-refractivity contribution in [3.05, 3.63) is 71.8 Å². The number of hydrogen-bond acceptors (Lipinski definition) is 6. The summed E-state index contributed by atoms with van der Waals surface area (Å²) in [5.74, 6) is -6.93. The van der Waals surface area contributed by atoms with Crippen molar-refractivity contribution in [3.63, 3.8) is 0 Å². The van der Waals surface area contributed by atoms with Crippen LogP contribution in [0.2, 0.25) is 0 Å². The second-order valence-corrected chi connectivity index (χ2v) is 8.19. The average molecular weight is 400 g/mol. The Bertz CT molecular complexity index is 1020. The maximum Gasteiger partial charge on any atom is 0.318 e. The van der Waals surface area contributed by atoms with Gasteiger partial charge in [0, 0.05) is 11.8 Å². The van der Waals surface area contributed by atoms with Crippen LogP contribution in [0.1, 0.15) is 11.1 Å². The third-order valence-electron chi connectivity index (χ3n) is 6.94. The summed E-state index contributed by atoms with van der Waals surface area (Å²) in [5.41, 5.74) is 3.38. The number of hydrogen-bond donors (Lipinski definition) is 0. The minimum atomic E-state index is -0.787. The minimum Gasteiger partial charge on any atom is -0.393 e. The van der Waals surface area contributed by atoms with Crippen molar-refractivity contribution in [2.24, 2.45) is 35.5 Å². The van der Waals surface area contributed by atoms with Crippen molar-refractivity contribution in [1.29, 1.82) is 0 Å². The summed E-state index contributed by atoms with van der Waals surface area (Å²) >= 11 is 0. The molecule has 0 aromatic heterocycles. The molecule has 6 nitrogen and oxygen atoms in total. The van der Waals surface area contributed by atoms with E-state index in [0.29, 0.717) is 0 Å². The van der Waals surface area contributed by atoms with Gasteiger partial charge in [-0.05, 0) is 22.3 Å². The lowest BCUT2D eigenvalue weighted by molar-refractivity contribution is -0.154. The summed E-state index contributed by atoms with van der Waals surface area (Å²) in [5, 5.41) is 0. The van der Waals surface area contributed by atoms with Gasteiger partial charge in [-0.2, -0.15) is 0 Å². The monoisotopic (exact) mass is 400 g/mol. The number of cyclic esters (lactones) is 4. The van der Waals surface area contributed by atoms with E-state index in [-0.39, 0.29) is 0 Å². The number of carbonyl (C=O) groups is 4. The van der Waals surface area contributed by atoms with Gasteiger partial charge < -0.3 is 9.47 Å². The molecule has 0 N–H and O–H groups in total. The first-order valence-electron chi connectivity index (χ1n) is 9.94. The second kappa shape index (κ2) is 5.98. The van der Waals surface area contributed by atoms with Crippen LogP contribution < -0.4 is 0 Å². The molecule has 0 unspecified atom stereocenters. The van der Waals surface area contributed by atoms with Gasteiger partial charge in [-0.25, -0.2) is 0 Å². The molecule has 2 saturated heterocycles. The van der Waals surface area contributed by atoms with E-state index in [1.165, 1.54) is 0 Å². The van der Waals surface area contributed by atoms with Crippen molar-refractivity contribution in [3.8, 4) is 0 Å². The highest BCUT2D eigenvalue weighted by molar-refractivity contribution is 6.11. The molecule has 148 valence electrons. The van der Waals surface area contributed by atoms with Crippen molar-refractivity contribution >= 4 is 35.0 Å². The Morgan fingerprint density at radius 1 is 0.433 bits per heavy atom. The summed E-state index contributed by atoms with van der Waals surface area (Å²) in [4.78, 5) is 50.8. The first kappa shape index (κ1) is 17.3. The maximum atomic E-state index is 12.7. The fourth-order valence-corrected chi connectivity index (χ4v) is 5.99. The fraction of sp³-hybridized carbons (Fsp3) is 0.250. The summed E-state index contributed by atoms with van der Waals surface area (Å²) in [6, 6.07) is 19.0. The SMILES string of the molecule is O=C1OC(=O)[C@@H]2C3C(c4ccccc4)=C(c4ccccc4)C([C@@H]12)[C@H]1C(=O)OC(=O)[C@H]31. The lowest BCUT2D eigenvalue weighted by Gasteiger charge is -2.49. The van der Waals surface area contributed by atoms with Gasteiger partial charge in [-0.1, -0.05) is 60.7 Å². The van der Waals surface area contributed by atoms with Crippen LogP contribution in [0.25, 0.3) is 11.1 Å². The van der Waals surface area contributed by atoms with Crippen LogP contribution >= 0.6 is 0 Å². The van der Waals surface area contributed by atoms with Gasteiger partial charge in [-0.15, -0.1) is 0 Å². The van der Waals surface area contributed by atoms with Gasteiger partial charge in [0.1, 0.15) is 0 Å². The van der Waals surface area contributed by atoms with Crippen molar-refractivity contribution in [2.75, 3.05) is 0 Å². The molecule has 5 aliphatic rings. The molecule has 2 aromatic rings. The molecule has 0 amide bonds. The molecule has 3 aliphatic carbocycles. The summed E-state index contributed by atoms with van der Waals surface area (Å²) < 4.78 is 10.1. The van der Waals surface area contributed by atoms with Crippen molar-refractivity contribution in [2.45, 2.75) is 0 Å². The molecule has 30 heavy (non-hydrogen) atoms. The van der Waals surface area contributed by atoms with E-state index in [1.807, 2.05) is 60.7 Å². The molecule has 2 heterocycles. The Morgan fingerprint density at radius 2 is 0.733 bits per heavy atom. The van der Waals surface area contributed by atoms with Crippen LogP contribution in [0.4, 0.5) is 0 Å². The Hall–Kier alpha value is -3.54. The standard InChI is InChI=1S/C24H16O6/c25-21-17-15-13(11-7-3-1-4-8-11)14(12-9-5-2-6-10-12)16(19(17)23(27)29-21)20-18(15)22(26)30-24(20)28/h1-10,15-20H/t15?,16?,17-,18-,19-,20-/m1/s1. The van der Waals surface area contributed by atoms with Crippen LogP contribution in [0.3, 0.4) is 0 Å². The molecule has 0 radical (unpaired) electrons. The van der Waals surface area contributed by atoms with Gasteiger partial charge in [0.2, 0.25) is 0 Å². The summed E-state index contributed by atoms with van der Waals surface area (Å²) in [7, 11) is 0. The minimum absolute atomic E-state index is 0.619. The Labute approximate surface area is 171 Å². The zero-order valence-electron chi connectivity index (χ0n) is 15.7. The normalized spacial score (nSPS) is 34.0. The molecule has 0 spiro atoms. The predicted molar refractivity (Wildman–Crippen MR) is 103 cm³/mol. The quantitative estimate of drug-likeness (QED) is 0.569. The largest absolute Gasteiger partial charge is 0.393 e. The maximum absolute atomic E-state index is 12.7. The molecule has 3 fully saturated rings. The number of allylic oxidation sites excluding steroid dienone is 2. The van der Waals surface area contributed by atoms with E-state index in [9.17, 15) is 19.2 Å². The van der Waals surface area contributed by atoms with E-state index in [2.05, 4.69) is 0 Å². The van der Waals surface area contributed by atoms with Gasteiger partial charge in [0.05, 0.1) is 23.7 Å². The molecule has 7 rings (SSSR count). The number of carbonyl (C=O) groups excluding carboxylic acids is 4. The third kappa shape index (κ3) is 2.08. The Morgan fingerprint density at radius 3 is 1.03 bits per heavy atom. The lowest BCUT2D eigenvalue weighted by atomic mass is 9.48. The lowest BCUT2D eigenvalue weighted by Crippen LogP contribution is -2.53. The smallest absolute Gasteiger partial charge is 0.318 e. The van der Waals surface area contributed by atoms with E-state index < -0.39 is 59.4 Å². The van der Waals surface area contributed by atoms with E-state index in [4.69, 9.17) is 9.47 Å². The molecule has 4 atom stereocenters. The van der Waals surface area contributed by atoms with Crippen LogP contribution in [-0.2, 0) is 28.7 Å². The predicted octanol–water partition coefficient (Wildman–Crippen LogP) is 2.49. The van der Waals surface area contributed by atoms with Gasteiger partial charge in [0.25, 0.3) is 0 Å². The number of esters is 4. The molecule has 2 aliphatic heterocycles. The van der Waals surface area contributed by atoms with Gasteiger partial charge in [0.15, 0.2) is 0 Å². The van der Waals surface area contributed by atoms with Crippen molar-refractivity contribution in [1.82, 2.24) is 0 Å². The highest BCUT2D eigenvalue weighted by atomic mass is 16.6. The molecular formula is C24H16O6. The molecular weight excluding hydrogens is 384 g/mol. The van der Waals surface area contributed by atoms with Crippen LogP contribution in [0.15, 0.2) is 60.7 Å². The highest BCUT2D eigenvalue weighted by Crippen LogP contribution is 2.65. The number of benzene rings is 2. The molecule has 1 saturated carbocycles. The average Bonchev–Trinajstić information content (AvgIpc) is 3.25. The zero-order valence-corrected chi connectivity index (χ0v) is 15.7. The third-order valence-corrected chi connectivity index (χ3v) is 6.94. The topological polar surface area (TPSA) is 86.7 Å². The number of rotatable bonds is 2. The van der Waals surface area contributed by atoms with E-state index in [1.54, 1.807) is 0 Å². The molecule has 6 heteroatoms. The fourth-order valence-electron chi connectivity index (χ4n) is 5.99. The number of ether oxygens (including phenoxy) is 2. The van der Waals surface area contributed by atoms with Crippen molar-refractivity contribution < 1.29 is 28.7 Å². The Balaban J connectivity index is 1.70. The van der Waals surface area contributed by atoms with Crippen LogP contribution in [0.5, 0.6) is 0 Å². The van der Waals surface area contributed by atoms with Gasteiger partial charge in [-0.3, -0.25) is 19.2 Å².